The van der Waals surface area contributed by atoms with Crippen molar-refractivity contribution >= 4 is 16.5 Å². The SMILES string of the molecule is NNc1nc2c(s1)COCC2. The molecule has 0 bridgehead atoms. The lowest BCUT2D eigenvalue weighted by molar-refractivity contribution is 0.112. The molecule has 2 heterocycles. The molecule has 1 aliphatic rings. The molecular weight excluding hydrogens is 162 g/mol. The van der Waals surface area contributed by atoms with Gasteiger partial charge in [0.05, 0.1) is 23.8 Å². The summed E-state index contributed by atoms with van der Waals surface area (Å²) < 4.78 is 5.26. The molecule has 1 aromatic heterocycles. The van der Waals surface area contributed by atoms with Gasteiger partial charge in [-0.05, 0) is 0 Å². The van der Waals surface area contributed by atoms with E-state index in [0.29, 0.717) is 6.61 Å². The number of anilines is 1. The van der Waals surface area contributed by atoms with E-state index in [9.17, 15) is 0 Å². The smallest absolute Gasteiger partial charge is 0.197 e. The minimum atomic E-state index is 0.689. The topological polar surface area (TPSA) is 60.2 Å². The molecule has 0 fully saturated rings. The van der Waals surface area contributed by atoms with Crippen LogP contribution < -0.4 is 11.3 Å². The molecule has 2 rings (SSSR count). The summed E-state index contributed by atoms with van der Waals surface area (Å²) in [5, 5.41) is 0.778. The highest BCUT2D eigenvalue weighted by Crippen LogP contribution is 2.25. The van der Waals surface area contributed by atoms with Crippen LogP contribution in [0.1, 0.15) is 10.6 Å². The summed E-state index contributed by atoms with van der Waals surface area (Å²) in [6.07, 6.45) is 0.910. The van der Waals surface area contributed by atoms with Gasteiger partial charge < -0.3 is 4.74 Å². The highest BCUT2D eigenvalue weighted by Gasteiger charge is 2.14. The van der Waals surface area contributed by atoms with Crippen molar-refractivity contribution in [3.63, 3.8) is 0 Å². The number of hydrazine groups is 1. The van der Waals surface area contributed by atoms with E-state index in [0.717, 1.165) is 23.9 Å². The fourth-order valence-corrected chi connectivity index (χ4v) is 1.94. The monoisotopic (exact) mass is 171 g/mol. The van der Waals surface area contributed by atoms with E-state index in [1.807, 2.05) is 0 Å². The van der Waals surface area contributed by atoms with Crippen LogP contribution in [-0.4, -0.2) is 11.6 Å². The van der Waals surface area contributed by atoms with E-state index in [-0.39, 0.29) is 0 Å². The molecule has 3 N–H and O–H groups in total. The number of hydrogen-bond acceptors (Lipinski definition) is 5. The number of ether oxygens (including phenoxy) is 1. The minimum Gasteiger partial charge on any atom is -0.375 e. The van der Waals surface area contributed by atoms with Crippen molar-refractivity contribution in [1.82, 2.24) is 4.98 Å². The van der Waals surface area contributed by atoms with Gasteiger partial charge in [-0.3, -0.25) is 5.43 Å². The first-order valence-corrected chi connectivity index (χ1v) is 4.25. The highest BCUT2D eigenvalue weighted by atomic mass is 32.1. The van der Waals surface area contributed by atoms with Crippen LogP contribution in [0.2, 0.25) is 0 Å². The largest absolute Gasteiger partial charge is 0.375 e. The van der Waals surface area contributed by atoms with E-state index in [1.165, 1.54) is 4.88 Å². The molecule has 0 unspecified atom stereocenters. The third-order valence-electron chi connectivity index (χ3n) is 1.62. The lowest BCUT2D eigenvalue weighted by Crippen LogP contribution is -2.08. The first kappa shape index (κ1) is 7.02. The first-order chi connectivity index (χ1) is 5.40. The van der Waals surface area contributed by atoms with Crippen LogP contribution in [0, 0.1) is 0 Å². The predicted molar refractivity (Wildman–Crippen MR) is 43.3 cm³/mol. The Balaban J connectivity index is 2.32. The molecule has 0 saturated carbocycles. The van der Waals surface area contributed by atoms with Crippen LogP contribution >= 0.6 is 11.3 Å². The van der Waals surface area contributed by atoms with Crippen LogP contribution in [0.5, 0.6) is 0 Å². The quantitative estimate of drug-likeness (QED) is 0.477. The summed E-state index contributed by atoms with van der Waals surface area (Å²) in [6, 6.07) is 0. The van der Waals surface area contributed by atoms with Gasteiger partial charge in [0.15, 0.2) is 5.13 Å². The fourth-order valence-electron chi connectivity index (χ4n) is 1.09. The van der Waals surface area contributed by atoms with E-state index in [4.69, 9.17) is 10.6 Å². The molecule has 11 heavy (non-hydrogen) atoms. The Morgan fingerprint density at radius 1 is 1.64 bits per heavy atom. The van der Waals surface area contributed by atoms with Crippen molar-refractivity contribution in [2.24, 2.45) is 5.84 Å². The molecule has 1 aromatic rings. The van der Waals surface area contributed by atoms with E-state index in [1.54, 1.807) is 11.3 Å². The molecule has 0 spiro atoms. The second-order valence-corrected chi connectivity index (χ2v) is 3.42. The molecular formula is C6H9N3OS. The number of nitrogens with one attached hydrogen (secondary N) is 1. The van der Waals surface area contributed by atoms with Crippen molar-refractivity contribution in [3.8, 4) is 0 Å². The van der Waals surface area contributed by atoms with E-state index < -0.39 is 0 Å². The maximum Gasteiger partial charge on any atom is 0.197 e. The van der Waals surface area contributed by atoms with Gasteiger partial charge in [0, 0.05) is 6.42 Å². The van der Waals surface area contributed by atoms with Crippen molar-refractivity contribution < 1.29 is 4.74 Å². The van der Waals surface area contributed by atoms with Crippen molar-refractivity contribution in [1.29, 1.82) is 0 Å². The molecule has 0 aliphatic carbocycles. The van der Waals surface area contributed by atoms with Gasteiger partial charge >= 0.3 is 0 Å². The standard InChI is InChI=1S/C6H9N3OS/c7-9-6-8-4-1-2-10-3-5(4)11-6/h1-3,7H2,(H,8,9). The van der Waals surface area contributed by atoms with Crippen molar-refractivity contribution in [3.05, 3.63) is 10.6 Å². The number of fused-ring (bicyclic) bond motifs is 1. The van der Waals surface area contributed by atoms with Crippen molar-refractivity contribution in [2.75, 3.05) is 12.0 Å². The zero-order valence-corrected chi connectivity index (χ0v) is 6.78. The second-order valence-electron chi connectivity index (χ2n) is 2.34. The Kier molecular flexibility index (Phi) is 1.77. The zero-order valence-electron chi connectivity index (χ0n) is 5.96. The molecule has 60 valence electrons. The van der Waals surface area contributed by atoms with E-state index in [2.05, 4.69) is 10.4 Å². The molecule has 4 nitrogen and oxygen atoms in total. The highest BCUT2D eigenvalue weighted by molar-refractivity contribution is 7.15. The Morgan fingerprint density at radius 3 is 3.27 bits per heavy atom. The summed E-state index contributed by atoms with van der Waals surface area (Å²) in [5.41, 5.74) is 3.67. The number of rotatable bonds is 1. The van der Waals surface area contributed by atoms with Crippen LogP contribution in [-0.2, 0) is 17.8 Å². The van der Waals surface area contributed by atoms with Crippen LogP contribution in [0.25, 0.3) is 0 Å². The minimum absolute atomic E-state index is 0.689. The van der Waals surface area contributed by atoms with Gasteiger partial charge in [-0.1, -0.05) is 11.3 Å². The average Bonchev–Trinajstić information content (AvgIpc) is 2.46. The normalized spacial score (nSPS) is 16.1. The molecule has 1 aliphatic heterocycles. The van der Waals surface area contributed by atoms with Gasteiger partial charge in [0.25, 0.3) is 0 Å². The number of nitrogens with two attached hydrogens (primary N) is 1. The number of aromatic nitrogens is 1. The third-order valence-corrected chi connectivity index (χ3v) is 2.62. The van der Waals surface area contributed by atoms with Gasteiger partial charge in [-0.25, -0.2) is 10.8 Å². The maximum absolute atomic E-state index is 5.26. The van der Waals surface area contributed by atoms with Gasteiger partial charge in [0.2, 0.25) is 0 Å². The summed E-state index contributed by atoms with van der Waals surface area (Å²) in [7, 11) is 0. The zero-order chi connectivity index (χ0) is 7.68. The third kappa shape index (κ3) is 1.22. The molecule has 5 heteroatoms. The van der Waals surface area contributed by atoms with E-state index >= 15 is 0 Å². The molecule has 0 aromatic carbocycles. The Hall–Kier alpha value is -0.650. The summed E-state index contributed by atoms with van der Waals surface area (Å²) >= 11 is 1.56. The second kappa shape index (κ2) is 2.77. The summed E-state index contributed by atoms with van der Waals surface area (Å²) in [4.78, 5) is 5.47. The number of nitrogens with zero attached hydrogens (tertiary/aromatic N) is 1. The number of nitrogen functional groups attached to an aromatic ring is 1. The summed E-state index contributed by atoms with van der Waals surface area (Å²) in [6.45, 7) is 1.47. The first-order valence-electron chi connectivity index (χ1n) is 3.43. The van der Waals surface area contributed by atoms with Gasteiger partial charge in [-0.15, -0.1) is 0 Å². The predicted octanol–water partition coefficient (Wildman–Crippen LogP) is 0.501. The molecule has 0 radical (unpaired) electrons. The number of hydrogen-bond donors (Lipinski definition) is 2. The van der Waals surface area contributed by atoms with Gasteiger partial charge in [-0.2, -0.15) is 0 Å². The molecule has 0 atom stereocenters. The lowest BCUT2D eigenvalue weighted by Gasteiger charge is -2.08. The van der Waals surface area contributed by atoms with Crippen molar-refractivity contribution in [2.45, 2.75) is 13.0 Å². The average molecular weight is 171 g/mol. The van der Waals surface area contributed by atoms with Crippen LogP contribution in [0.4, 0.5) is 5.13 Å². The Morgan fingerprint density at radius 2 is 2.55 bits per heavy atom. The fraction of sp³-hybridized carbons (Fsp3) is 0.500. The summed E-state index contributed by atoms with van der Waals surface area (Å²) in [5.74, 6) is 5.22. The van der Waals surface area contributed by atoms with Gasteiger partial charge in [0.1, 0.15) is 0 Å². The van der Waals surface area contributed by atoms with Crippen LogP contribution in [0.15, 0.2) is 0 Å². The molecule has 0 amide bonds. The van der Waals surface area contributed by atoms with Crippen LogP contribution in [0.3, 0.4) is 0 Å². The Bertz CT molecular complexity index is 237. The number of thiazole rings is 1. The lowest BCUT2D eigenvalue weighted by atomic mass is 10.2. The maximum atomic E-state index is 5.26. The molecule has 0 saturated heterocycles. The Labute approximate surface area is 68.4 Å².